The van der Waals surface area contributed by atoms with Gasteiger partial charge in [-0.1, -0.05) is 17.7 Å². The number of carbonyl (C=O) groups excluding carboxylic acids is 1. The highest BCUT2D eigenvalue weighted by molar-refractivity contribution is 6.31. The van der Waals surface area contributed by atoms with E-state index < -0.39 is 23.2 Å². The van der Waals surface area contributed by atoms with Gasteiger partial charge in [-0.15, -0.1) is 0 Å². The van der Waals surface area contributed by atoms with Crippen LogP contribution in [-0.2, 0) is 15.1 Å². The zero-order chi connectivity index (χ0) is 15.8. The van der Waals surface area contributed by atoms with E-state index >= 15 is 0 Å². The summed E-state index contributed by atoms with van der Waals surface area (Å²) in [6.45, 7) is 1.20. The first-order valence-corrected chi connectivity index (χ1v) is 6.39. The van der Waals surface area contributed by atoms with Gasteiger partial charge >= 0.3 is 12.1 Å². The van der Waals surface area contributed by atoms with E-state index in [9.17, 15) is 18.0 Å². The van der Waals surface area contributed by atoms with Crippen LogP contribution < -0.4 is 5.73 Å². The van der Waals surface area contributed by atoms with Crippen molar-refractivity contribution in [1.29, 1.82) is 0 Å². The summed E-state index contributed by atoms with van der Waals surface area (Å²) < 4.78 is 44.7. The van der Waals surface area contributed by atoms with Crippen molar-refractivity contribution in [3.63, 3.8) is 0 Å². The molecule has 1 heterocycles. The number of nitrogens with two attached hydrogens (primary N) is 1. The summed E-state index contributed by atoms with van der Waals surface area (Å²) in [5.41, 5.74) is 2.13. The molecule has 4 nitrogen and oxygen atoms in total. The van der Waals surface area contributed by atoms with Crippen molar-refractivity contribution in [1.82, 2.24) is 4.98 Å². The Kier molecular flexibility index (Phi) is 3.90. The van der Waals surface area contributed by atoms with Gasteiger partial charge in [-0.2, -0.15) is 13.2 Å². The Morgan fingerprint density at radius 1 is 1.43 bits per heavy atom. The van der Waals surface area contributed by atoms with Crippen LogP contribution in [0.5, 0.6) is 0 Å². The van der Waals surface area contributed by atoms with E-state index in [0.717, 1.165) is 6.20 Å². The monoisotopic (exact) mass is 320 g/mol. The van der Waals surface area contributed by atoms with Gasteiger partial charge in [-0.05, 0) is 19.1 Å². The van der Waals surface area contributed by atoms with Gasteiger partial charge in [0, 0.05) is 27.7 Å². The molecule has 0 aliphatic heterocycles. The minimum atomic E-state index is -5.01. The molecule has 0 fully saturated rings. The fraction of sp³-hybridized carbons (Fsp3) is 0.308. The second-order valence-corrected chi connectivity index (χ2v) is 4.85. The second-order valence-electron chi connectivity index (χ2n) is 4.42. The molecule has 21 heavy (non-hydrogen) atoms. The van der Waals surface area contributed by atoms with Crippen LogP contribution in [0.25, 0.3) is 10.9 Å². The molecule has 0 spiro atoms. The van der Waals surface area contributed by atoms with Gasteiger partial charge in [0.2, 0.25) is 5.54 Å². The molecule has 1 aromatic heterocycles. The number of aromatic nitrogens is 1. The number of carbonyl (C=O) groups is 1. The quantitative estimate of drug-likeness (QED) is 0.854. The van der Waals surface area contributed by atoms with Gasteiger partial charge in [-0.3, -0.25) is 0 Å². The van der Waals surface area contributed by atoms with Crippen molar-refractivity contribution in [2.45, 2.75) is 18.6 Å². The minimum Gasteiger partial charge on any atom is -0.464 e. The number of halogens is 4. The summed E-state index contributed by atoms with van der Waals surface area (Å²) in [7, 11) is 0. The Balaban J connectivity index is 2.68. The summed E-state index contributed by atoms with van der Waals surface area (Å²) in [5, 5.41) is 0.508. The molecule has 0 bridgehead atoms. The van der Waals surface area contributed by atoms with Crippen molar-refractivity contribution in [3.05, 3.63) is 35.0 Å². The Labute approximate surface area is 123 Å². The van der Waals surface area contributed by atoms with E-state index in [0.29, 0.717) is 10.5 Å². The average molecular weight is 321 g/mol. The summed E-state index contributed by atoms with van der Waals surface area (Å²) >= 11 is 5.78. The first-order chi connectivity index (χ1) is 9.71. The highest BCUT2D eigenvalue weighted by atomic mass is 35.5. The fourth-order valence-corrected chi connectivity index (χ4v) is 2.22. The number of hydrogen-bond donors (Lipinski definition) is 2. The van der Waals surface area contributed by atoms with Crippen LogP contribution in [-0.4, -0.2) is 23.7 Å². The first-order valence-electron chi connectivity index (χ1n) is 6.01. The zero-order valence-electron chi connectivity index (χ0n) is 10.9. The van der Waals surface area contributed by atoms with Gasteiger partial charge in [0.05, 0.1) is 6.61 Å². The second kappa shape index (κ2) is 5.23. The summed E-state index contributed by atoms with van der Waals surface area (Å²) in [6.07, 6.45) is -3.96. The van der Waals surface area contributed by atoms with Crippen LogP contribution in [0.1, 0.15) is 12.5 Å². The lowest BCUT2D eigenvalue weighted by atomic mass is 9.90. The van der Waals surface area contributed by atoms with Crippen molar-refractivity contribution < 1.29 is 22.7 Å². The van der Waals surface area contributed by atoms with Crippen molar-refractivity contribution in [2.75, 3.05) is 6.61 Å². The summed E-state index contributed by atoms with van der Waals surface area (Å²) in [4.78, 5) is 14.4. The van der Waals surface area contributed by atoms with E-state index in [2.05, 4.69) is 9.72 Å². The predicted molar refractivity (Wildman–Crippen MR) is 71.9 cm³/mol. The lowest BCUT2D eigenvalue weighted by molar-refractivity contribution is -0.208. The van der Waals surface area contributed by atoms with E-state index in [1.165, 1.54) is 25.1 Å². The molecular weight excluding hydrogens is 309 g/mol. The predicted octanol–water partition coefficient (Wildman–Crippen LogP) is 3.10. The Bertz CT molecular complexity index is 684. The van der Waals surface area contributed by atoms with Crippen molar-refractivity contribution in [2.24, 2.45) is 5.73 Å². The molecule has 2 aromatic rings. The fourth-order valence-electron chi connectivity index (χ4n) is 2.05. The molecule has 1 aromatic carbocycles. The van der Waals surface area contributed by atoms with E-state index in [4.69, 9.17) is 17.3 Å². The lowest BCUT2D eigenvalue weighted by Crippen LogP contribution is -2.57. The molecule has 0 radical (unpaired) electrons. The molecule has 0 aliphatic carbocycles. The molecule has 8 heteroatoms. The van der Waals surface area contributed by atoms with Crippen LogP contribution in [0.15, 0.2) is 24.4 Å². The molecule has 0 saturated heterocycles. The molecule has 0 amide bonds. The minimum absolute atomic E-state index is 0.160. The highest BCUT2D eigenvalue weighted by Crippen LogP contribution is 2.41. The average Bonchev–Trinajstić information content (AvgIpc) is 2.79. The maximum Gasteiger partial charge on any atom is 0.421 e. The molecule has 114 valence electrons. The summed E-state index contributed by atoms with van der Waals surface area (Å²) in [5.74, 6) is -1.55. The zero-order valence-corrected chi connectivity index (χ0v) is 11.7. The number of hydrogen-bond acceptors (Lipinski definition) is 3. The smallest absolute Gasteiger partial charge is 0.421 e. The number of esters is 1. The Hall–Kier alpha value is -1.73. The van der Waals surface area contributed by atoms with Crippen LogP contribution in [0, 0.1) is 0 Å². The Morgan fingerprint density at radius 3 is 2.67 bits per heavy atom. The van der Waals surface area contributed by atoms with E-state index in [-0.39, 0.29) is 12.0 Å². The number of aromatic amines is 1. The maximum atomic E-state index is 13.4. The molecular formula is C13H12ClF3N2O2. The maximum absolute atomic E-state index is 13.4. The summed E-state index contributed by atoms with van der Waals surface area (Å²) in [6, 6.07) is 4.24. The number of fused-ring (bicyclic) bond motifs is 1. The van der Waals surface area contributed by atoms with Crippen molar-refractivity contribution in [3.8, 4) is 0 Å². The van der Waals surface area contributed by atoms with Crippen molar-refractivity contribution >= 4 is 28.5 Å². The molecule has 0 saturated carbocycles. The SMILES string of the molecule is CCOC(=O)C(N)(c1c[nH]c2cc(Cl)ccc12)C(F)(F)F. The van der Waals surface area contributed by atoms with Gasteiger partial charge in [0.25, 0.3) is 0 Å². The molecule has 0 aliphatic rings. The molecule has 1 atom stereocenters. The van der Waals surface area contributed by atoms with Gasteiger partial charge in [0.1, 0.15) is 0 Å². The first kappa shape index (κ1) is 15.7. The number of rotatable bonds is 3. The third kappa shape index (κ3) is 2.47. The standard InChI is InChI=1S/C13H12ClF3N2O2/c1-2-21-11(20)12(18,13(15,16)17)9-6-19-10-5-7(14)3-4-8(9)10/h3-6,19H,2,18H2,1H3. The highest BCUT2D eigenvalue weighted by Gasteiger charge is 2.61. The number of benzene rings is 1. The van der Waals surface area contributed by atoms with Gasteiger partial charge in [-0.25, -0.2) is 4.79 Å². The van der Waals surface area contributed by atoms with E-state index in [1.54, 1.807) is 0 Å². The van der Waals surface area contributed by atoms with Crippen LogP contribution in [0.2, 0.25) is 5.02 Å². The third-order valence-electron chi connectivity index (χ3n) is 3.11. The molecule has 2 rings (SSSR count). The van der Waals surface area contributed by atoms with Crippen LogP contribution in [0.3, 0.4) is 0 Å². The molecule has 3 N–H and O–H groups in total. The topological polar surface area (TPSA) is 68.1 Å². The largest absolute Gasteiger partial charge is 0.464 e. The Morgan fingerprint density at radius 2 is 2.10 bits per heavy atom. The van der Waals surface area contributed by atoms with Crippen LogP contribution in [0.4, 0.5) is 13.2 Å². The number of H-pyrrole nitrogens is 1. The van der Waals surface area contributed by atoms with Gasteiger partial charge < -0.3 is 15.5 Å². The number of alkyl halides is 3. The van der Waals surface area contributed by atoms with E-state index in [1.807, 2.05) is 0 Å². The number of nitrogens with one attached hydrogen (secondary N) is 1. The van der Waals surface area contributed by atoms with Crippen LogP contribution >= 0.6 is 11.6 Å². The molecule has 1 unspecified atom stereocenters. The normalized spacial score (nSPS) is 15.0. The van der Waals surface area contributed by atoms with Gasteiger partial charge in [0.15, 0.2) is 0 Å². The lowest BCUT2D eigenvalue weighted by Gasteiger charge is -2.29. The third-order valence-corrected chi connectivity index (χ3v) is 3.35. The number of ether oxygens (including phenoxy) is 1.